The predicted molar refractivity (Wildman–Crippen MR) is 130 cm³/mol. The third-order valence-corrected chi connectivity index (χ3v) is 7.82. The molecular formula is C27H33N3O3. The lowest BCUT2D eigenvalue weighted by Gasteiger charge is -2.32. The quantitative estimate of drug-likeness (QED) is 0.709. The molecule has 2 aliphatic heterocycles. The van der Waals surface area contributed by atoms with E-state index < -0.39 is 6.04 Å². The minimum absolute atomic E-state index is 0.0165. The maximum absolute atomic E-state index is 13.6. The van der Waals surface area contributed by atoms with Gasteiger partial charge >= 0.3 is 0 Å². The minimum atomic E-state index is -0.412. The average molecular weight is 448 g/mol. The zero-order valence-electron chi connectivity index (χ0n) is 19.2. The van der Waals surface area contributed by atoms with Crippen LogP contribution in [0.3, 0.4) is 0 Å². The Kier molecular flexibility index (Phi) is 6.21. The molecule has 2 fully saturated rings. The number of rotatable bonds is 6. The Hall–Kier alpha value is -2.70. The van der Waals surface area contributed by atoms with Crippen LogP contribution in [-0.4, -0.2) is 39.7 Å². The highest BCUT2D eigenvalue weighted by atomic mass is 16.3. The van der Waals surface area contributed by atoms with Crippen molar-refractivity contribution in [2.75, 3.05) is 18.5 Å². The molecule has 1 saturated carbocycles. The fraction of sp³-hybridized carbons (Fsp3) is 0.481. The van der Waals surface area contributed by atoms with Crippen LogP contribution < -0.4 is 10.9 Å². The summed E-state index contributed by atoms with van der Waals surface area (Å²) in [6.45, 7) is 3.22. The summed E-state index contributed by atoms with van der Waals surface area (Å²) in [6, 6.07) is 13.0. The van der Waals surface area contributed by atoms with Crippen LogP contribution in [0, 0.1) is 17.8 Å². The van der Waals surface area contributed by atoms with Gasteiger partial charge in [0.25, 0.3) is 5.56 Å². The molecule has 0 radical (unpaired) electrons. The maximum Gasteiger partial charge on any atom is 0.258 e. The van der Waals surface area contributed by atoms with Gasteiger partial charge in [-0.15, -0.1) is 0 Å². The Morgan fingerprint density at radius 1 is 1.15 bits per heavy atom. The second-order valence-electron chi connectivity index (χ2n) is 9.73. The van der Waals surface area contributed by atoms with E-state index in [4.69, 9.17) is 0 Å². The smallest absolute Gasteiger partial charge is 0.258 e. The molecule has 0 bridgehead atoms. The number of amides is 1. The van der Waals surface area contributed by atoms with Gasteiger partial charge in [0.05, 0.1) is 12.1 Å². The number of carbonyl (C=O) groups is 1. The van der Waals surface area contributed by atoms with Gasteiger partial charge in [-0.25, -0.2) is 0 Å². The molecule has 3 aliphatic rings. The third kappa shape index (κ3) is 3.96. The molecule has 2 N–H and O–H groups in total. The van der Waals surface area contributed by atoms with E-state index in [-0.39, 0.29) is 36.0 Å². The molecule has 0 unspecified atom stereocenters. The summed E-state index contributed by atoms with van der Waals surface area (Å²) < 4.78 is 1.88. The van der Waals surface area contributed by atoms with Crippen LogP contribution >= 0.6 is 0 Å². The summed E-state index contributed by atoms with van der Waals surface area (Å²) in [6.07, 6.45) is 8.56. The van der Waals surface area contributed by atoms with Crippen LogP contribution in [0.4, 0.5) is 5.69 Å². The van der Waals surface area contributed by atoms with Crippen molar-refractivity contribution in [1.29, 1.82) is 0 Å². The molecule has 1 aromatic carbocycles. The minimum Gasteiger partial charge on any atom is -0.396 e. The third-order valence-electron chi connectivity index (χ3n) is 7.82. The van der Waals surface area contributed by atoms with E-state index in [1.807, 2.05) is 60.0 Å². The summed E-state index contributed by atoms with van der Waals surface area (Å²) in [5.74, 6) is 0.311. The van der Waals surface area contributed by atoms with E-state index >= 15 is 0 Å². The number of aliphatic hydroxyl groups excluding tert-OH is 1. The van der Waals surface area contributed by atoms with Crippen LogP contribution in [0.5, 0.6) is 0 Å². The number of hydrogen-bond donors (Lipinski definition) is 2. The van der Waals surface area contributed by atoms with Crippen molar-refractivity contribution in [3.8, 4) is 0 Å². The van der Waals surface area contributed by atoms with Crippen LogP contribution in [0.2, 0.25) is 0 Å². The highest BCUT2D eigenvalue weighted by Gasteiger charge is 2.55. The molecule has 6 nitrogen and oxygen atoms in total. The zero-order chi connectivity index (χ0) is 22.9. The number of nitrogens with one attached hydrogen (secondary N) is 1. The maximum atomic E-state index is 13.6. The molecule has 1 amide bonds. The van der Waals surface area contributed by atoms with Crippen molar-refractivity contribution in [2.24, 2.45) is 17.8 Å². The molecule has 5 rings (SSSR count). The fourth-order valence-corrected chi connectivity index (χ4v) is 6.37. The van der Waals surface area contributed by atoms with E-state index in [1.165, 1.54) is 25.7 Å². The molecule has 1 aromatic heterocycles. The van der Waals surface area contributed by atoms with E-state index in [9.17, 15) is 14.7 Å². The number of aromatic nitrogens is 1. The van der Waals surface area contributed by atoms with Gasteiger partial charge in [0, 0.05) is 48.5 Å². The molecule has 1 saturated heterocycles. The molecule has 6 heteroatoms. The summed E-state index contributed by atoms with van der Waals surface area (Å²) >= 11 is 0. The van der Waals surface area contributed by atoms with E-state index in [1.54, 1.807) is 0 Å². The number of benzene rings is 1. The Morgan fingerprint density at radius 2 is 1.91 bits per heavy atom. The van der Waals surface area contributed by atoms with E-state index in [2.05, 4.69) is 16.3 Å². The number of anilines is 1. The number of fused-ring (bicyclic) bond motifs is 3. The summed E-state index contributed by atoms with van der Waals surface area (Å²) in [4.78, 5) is 29.0. The average Bonchev–Trinajstić information content (AvgIpc) is 3.53. The van der Waals surface area contributed by atoms with Gasteiger partial charge < -0.3 is 15.0 Å². The number of carbonyl (C=O) groups excluding carboxylic acids is 1. The van der Waals surface area contributed by atoms with Crippen molar-refractivity contribution in [1.82, 2.24) is 9.47 Å². The van der Waals surface area contributed by atoms with Crippen LogP contribution in [0.15, 0.2) is 53.3 Å². The van der Waals surface area contributed by atoms with Crippen LogP contribution in [0.25, 0.3) is 6.08 Å². The summed E-state index contributed by atoms with van der Waals surface area (Å²) in [5, 5.41) is 13.5. The lowest BCUT2D eigenvalue weighted by atomic mass is 9.88. The summed E-state index contributed by atoms with van der Waals surface area (Å²) in [7, 11) is 0. The predicted octanol–water partition coefficient (Wildman–Crippen LogP) is 3.67. The molecular weight excluding hydrogens is 414 g/mol. The van der Waals surface area contributed by atoms with Crippen molar-refractivity contribution < 1.29 is 9.90 Å². The number of allylic oxidation sites excluding steroid dienone is 1. The van der Waals surface area contributed by atoms with Crippen molar-refractivity contribution in [3.05, 3.63) is 70.2 Å². The molecule has 0 spiro atoms. The molecule has 2 aromatic rings. The SMILES string of the molecule is C/C=C/c1ccc2n(c1=O)C[C@@H]1[C@@H](CO)[C@H](C(=O)Nc3ccccc3)N(CC3CCCC3)[C@H]21. The number of likely N-dealkylation sites (tertiary alicyclic amines) is 1. The Bertz CT molecular complexity index is 1090. The van der Waals surface area contributed by atoms with Gasteiger partial charge in [-0.2, -0.15) is 0 Å². The number of para-hydroxylation sites is 1. The normalized spacial score (nSPS) is 27.2. The first-order valence-electron chi connectivity index (χ1n) is 12.2. The number of pyridine rings is 1. The standard InChI is InChI=1S/C27H33N3O3/c1-2-8-19-13-14-23-24-21(16-29(23)27(19)33)22(17-31)25(30(24)15-18-9-6-7-10-18)26(32)28-20-11-4-3-5-12-20/h2-5,8,11-14,18,21-22,24-25,31H,6-7,9-10,15-17H2,1H3,(H,28,32)/b8-2+/t21-,22-,24+,25-/m1/s1. The molecule has 4 atom stereocenters. The van der Waals surface area contributed by atoms with Gasteiger partial charge in [0.15, 0.2) is 0 Å². The number of hydrogen-bond acceptors (Lipinski definition) is 4. The summed E-state index contributed by atoms with van der Waals surface area (Å²) in [5.41, 5.74) is 2.44. The van der Waals surface area contributed by atoms with Crippen LogP contribution in [0.1, 0.15) is 49.9 Å². The number of aliphatic hydroxyl groups is 1. The van der Waals surface area contributed by atoms with Crippen molar-refractivity contribution in [2.45, 2.75) is 51.2 Å². The topological polar surface area (TPSA) is 74.6 Å². The Balaban J connectivity index is 1.52. The van der Waals surface area contributed by atoms with Crippen molar-refractivity contribution in [3.63, 3.8) is 0 Å². The highest BCUT2D eigenvalue weighted by Crippen LogP contribution is 2.50. The first-order chi connectivity index (χ1) is 16.1. The van der Waals surface area contributed by atoms with Gasteiger partial charge in [-0.3, -0.25) is 14.5 Å². The molecule has 174 valence electrons. The highest BCUT2D eigenvalue weighted by molar-refractivity contribution is 5.95. The monoisotopic (exact) mass is 447 g/mol. The first kappa shape index (κ1) is 22.1. The second-order valence-corrected chi connectivity index (χ2v) is 9.73. The lowest BCUT2D eigenvalue weighted by Crippen LogP contribution is -2.47. The van der Waals surface area contributed by atoms with Gasteiger partial charge in [-0.05, 0) is 49.9 Å². The first-order valence-corrected chi connectivity index (χ1v) is 12.2. The molecule has 1 aliphatic carbocycles. The molecule has 33 heavy (non-hydrogen) atoms. The van der Waals surface area contributed by atoms with Gasteiger partial charge in [0.1, 0.15) is 0 Å². The zero-order valence-corrected chi connectivity index (χ0v) is 19.2. The van der Waals surface area contributed by atoms with Crippen molar-refractivity contribution >= 4 is 17.7 Å². The lowest BCUT2D eigenvalue weighted by molar-refractivity contribution is -0.122. The number of nitrogens with zero attached hydrogens (tertiary/aromatic N) is 2. The fourth-order valence-electron chi connectivity index (χ4n) is 6.37. The van der Waals surface area contributed by atoms with Gasteiger partial charge in [0.2, 0.25) is 5.91 Å². The second kappa shape index (κ2) is 9.27. The Morgan fingerprint density at radius 3 is 2.61 bits per heavy atom. The Labute approximate surface area is 194 Å². The van der Waals surface area contributed by atoms with Gasteiger partial charge in [-0.1, -0.05) is 43.2 Å². The largest absolute Gasteiger partial charge is 0.396 e. The molecule has 3 heterocycles. The van der Waals surface area contributed by atoms with Crippen LogP contribution in [-0.2, 0) is 11.3 Å². The van der Waals surface area contributed by atoms with E-state index in [0.717, 1.165) is 17.9 Å². The van der Waals surface area contributed by atoms with E-state index in [0.29, 0.717) is 18.0 Å².